The number of anilines is 1. The third kappa shape index (κ3) is 5.08. The molecule has 0 aromatic heterocycles. The summed E-state index contributed by atoms with van der Waals surface area (Å²) in [6, 6.07) is 17.4. The minimum atomic E-state index is -0.266. The maximum atomic E-state index is 13.2. The molecule has 0 radical (unpaired) electrons. The zero-order chi connectivity index (χ0) is 24.2. The summed E-state index contributed by atoms with van der Waals surface area (Å²) in [5.74, 6) is 0.127. The van der Waals surface area contributed by atoms with Crippen molar-refractivity contribution in [1.82, 2.24) is 9.80 Å². The van der Waals surface area contributed by atoms with E-state index < -0.39 is 0 Å². The highest BCUT2D eigenvalue weighted by atomic mass is 16.5. The number of piperazine rings is 1. The smallest absolute Gasteiger partial charge is 0.253 e. The predicted octanol–water partition coefficient (Wildman–Crippen LogP) is 4.44. The van der Waals surface area contributed by atoms with Crippen LogP contribution in [0.2, 0.25) is 0 Å². The average Bonchev–Trinajstić information content (AvgIpc) is 2.87. The van der Waals surface area contributed by atoms with E-state index in [1.807, 2.05) is 21.9 Å². The molecule has 2 aromatic rings. The quantitative estimate of drug-likeness (QED) is 0.556. The summed E-state index contributed by atoms with van der Waals surface area (Å²) in [6.45, 7) is 6.29. The molecule has 6 nitrogen and oxygen atoms in total. The lowest BCUT2D eigenvalue weighted by Crippen LogP contribution is -2.54. The summed E-state index contributed by atoms with van der Waals surface area (Å²) in [7, 11) is 0. The van der Waals surface area contributed by atoms with Crippen molar-refractivity contribution in [2.24, 2.45) is 0 Å². The molecule has 3 aliphatic rings. The van der Waals surface area contributed by atoms with Crippen molar-refractivity contribution in [3.8, 4) is 0 Å². The van der Waals surface area contributed by atoms with Gasteiger partial charge in [0.1, 0.15) is 6.10 Å². The van der Waals surface area contributed by atoms with E-state index in [9.17, 15) is 9.59 Å². The van der Waals surface area contributed by atoms with Gasteiger partial charge in [0, 0.05) is 50.4 Å². The van der Waals surface area contributed by atoms with Gasteiger partial charge >= 0.3 is 0 Å². The number of benzene rings is 2. The Labute approximate surface area is 208 Å². The summed E-state index contributed by atoms with van der Waals surface area (Å²) >= 11 is 0. The normalized spacial score (nSPS) is 21.9. The van der Waals surface area contributed by atoms with Gasteiger partial charge in [-0.15, -0.1) is 0 Å². The molecule has 0 saturated carbocycles. The van der Waals surface area contributed by atoms with Gasteiger partial charge in [0.15, 0.2) is 0 Å². The Kier molecular flexibility index (Phi) is 7.37. The fourth-order valence-corrected chi connectivity index (χ4v) is 5.57. The molecule has 5 rings (SSSR count). The summed E-state index contributed by atoms with van der Waals surface area (Å²) in [5.41, 5.74) is 4.81. The third-order valence-electron chi connectivity index (χ3n) is 7.76. The van der Waals surface area contributed by atoms with Crippen molar-refractivity contribution < 1.29 is 14.3 Å². The predicted molar refractivity (Wildman–Crippen MR) is 138 cm³/mol. The van der Waals surface area contributed by atoms with E-state index in [0.717, 1.165) is 31.4 Å². The van der Waals surface area contributed by atoms with E-state index >= 15 is 0 Å². The first-order chi connectivity index (χ1) is 17.2. The highest BCUT2D eigenvalue weighted by Gasteiger charge is 2.33. The van der Waals surface area contributed by atoms with Crippen LogP contribution in [-0.2, 0) is 16.0 Å². The number of fused-ring (bicyclic) bond motifs is 1. The molecule has 0 bridgehead atoms. The second-order valence-electron chi connectivity index (χ2n) is 9.97. The summed E-state index contributed by atoms with van der Waals surface area (Å²) in [5, 5.41) is 0. The van der Waals surface area contributed by atoms with Crippen molar-refractivity contribution in [2.45, 2.75) is 57.6 Å². The van der Waals surface area contributed by atoms with E-state index in [-0.39, 0.29) is 17.9 Å². The lowest BCUT2D eigenvalue weighted by molar-refractivity contribution is -0.157. The molecule has 0 spiro atoms. The van der Waals surface area contributed by atoms with Crippen LogP contribution >= 0.6 is 0 Å². The molecule has 0 aliphatic carbocycles. The molecule has 2 atom stereocenters. The Morgan fingerprint density at radius 3 is 2.31 bits per heavy atom. The van der Waals surface area contributed by atoms with Gasteiger partial charge in [0.2, 0.25) is 0 Å². The van der Waals surface area contributed by atoms with Gasteiger partial charge in [-0.25, -0.2) is 0 Å². The number of para-hydroxylation sites is 1. The number of aryl methyl sites for hydroxylation is 1. The summed E-state index contributed by atoms with van der Waals surface area (Å²) in [4.78, 5) is 31.8. The maximum absolute atomic E-state index is 13.2. The lowest BCUT2D eigenvalue weighted by atomic mass is 9.90. The standard InChI is InChI=1S/C29H37N3O3/c1-2-3-6-16-32-25-8-5-4-7-22(25)13-14-26(32)23-9-11-24(12-10-23)28(33)30-17-19-31(20-18-30)29(34)27-15-21-35-27/h4-5,7-12,26-27H,2-3,6,13-21H2,1H3. The molecule has 2 saturated heterocycles. The monoisotopic (exact) mass is 475 g/mol. The van der Waals surface area contributed by atoms with E-state index in [1.54, 1.807) is 0 Å². The van der Waals surface area contributed by atoms with Gasteiger partial charge in [-0.2, -0.15) is 0 Å². The number of ether oxygens (including phenoxy) is 1. The second kappa shape index (κ2) is 10.8. The number of rotatable bonds is 7. The van der Waals surface area contributed by atoms with Crippen LogP contribution in [-0.4, -0.2) is 67.0 Å². The Balaban J connectivity index is 1.24. The largest absolute Gasteiger partial charge is 0.368 e. The Morgan fingerprint density at radius 1 is 0.914 bits per heavy atom. The van der Waals surface area contributed by atoms with Gasteiger partial charge in [0.25, 0.3) is 11.8 Å². The zero-order valence-corrected chi connectivity index (χ0v) is 20.8. The van der Waals surface area contributed by atoms with E-state index in [0.29, 0.717) is 38.8 Å². The van der Waals surface area contributed by atoms with Crippen LogP contribution in [0.3, 0.4) is 0 Å². The molecule has 2 amide bonds. The molecule has 3 heterocycles. The number of hydrogen-bond acceptors (Lipinski definition) is 4. The Morgan fingerprint density at radius 2 is 1.63 bits per heavy atom. The van der Waals surface area contributed by atoms with Crippen LogP contribution in [0.15, 0.2) is 48.5 Å². The number of nitrogens with zero attached hydrogens (tertiary/aromatic N) is 3. The maximum Gasteiger partial charge on any atom is 0.253 e. The number of carbonyl (C=O) groups excluding carboxylic acids is 2. The summed E-state index contributed by atoms with van der Waals surface area (Å²) in [6.07, 6.45) is 6.38. The molecule has 2 aromatic carbocycles. The van der Waals surface area contributed by atoms with Crippen molar-refractivity contribution in [1.29, 1.82) is 0 Å². The van der Waals surface area contributed by atoms with E-state index in [2.05, 4.69) is 48.2 Å². The van der Waals surface area contributed by atoms with Gasteiger partial charge in [-0.1, -0.05) is 50.1 Å². The fourth-order valence-electron chi connectivity index (χ4n) is 5.57. The molecule has 35 heavy (non-hydrogen) atoms. The minimum Gasteiger partial charge on any atom is -0.368 e. The molecule has 186 valence electrons. The SMILES string of the molecule is CCCCCN1c2ccccc2CCC1c1ccc(C(=O)N2CCN(C(=O)C3CCO3)CC2)cc1. The van der Waals surface area contributed by atoms with Gasteiger partial charge in [0.05, 0.1) is 12.6 Å². The molecule has 2 unspecified atom stereocenters. The van der Waals surface area contributed by atoms with Crippen LogP contribution in [0.4, 0.5) is 5.69 Å². The Bertz CT molecular complexity index is 1030. The first-order valence-corrected chi connectivity index (χ1v) is 13.3. The number of carbonyl (C=O) groups is 2. The van der Waals surface area contributed by atoms with Gasteiger partial charge in [-0.05, 0) is 48.6 Å². The average molecular weight is 476 g/mol. The fraction of sp³-hybridized carbons (Fsp3) is 0.517. The van der Waals surface area contributed by atoms with Crippen molar-refractivity contribution >= 4 is 17.5 Å². The minimum absolute atomic E-state index is 0.0531. The topological polar surface area (TPSA) is 53.1 Å². The van der Waals surface area contributed by atoms with Crippen LogP contribution in [0, 0.1) is 0 Å². The third-order valence-corrected chi connectivity index (χ3v) is 7.76. The lowest BCUT2D eigenvalue weighted by Gasteiger charge is -2.39. The molecule has 0 N–H and O–H groups in total. The van der Waals surface area contributed by atoms with Crippen molar-refractivity contribution in [2.75, 3.05) is 44.2 Å². The highest BCUT2D eigenvalue weighted by Crippen LogP contribution is 2.38. The number of hydrogen-bond donors (Lipinski definition) is 0. The molecule has 2 fully saturated rings. The van der Waals surface area contributed by atoms with Gasteiger partial charge in [-0.3, -0.25) is 9.59 Å². The molecule has 6 heteroatoms. The molecular weight excluding hydrogens is 438 g/mol. The number of unbranched alkanes of at least 4 members (excludes halogenated alkanes) is 2. The van der Waals surface area contributed by atoms with Crippen molar-refractivity contribution in [3.63, 3.8) is 0 Å². The zero-order valence-electron chi connectivity index (χ0n) is 20.8. The first-order valence-electron chi connectivity index (χ1n) is 13.3. The van der Waals surface area contributed by atoms with Gasteiger partial charge < -0.3 is 19.4 Å². The summed E-state index contributed by atoms with van der Waals surface area (Å²) < 4.78 is 5.33. The second-order valence-corrected chi connectivity index (χ2v) is 9.97. The van der Waals surface area contributed by atoms with Crippen LogP contribution < -0.4 is 4.90 Å². The Hall–Kier alpha value is -2.86. The van der Waals surface area contributed by atoms with Crippen LogP contribution in [0.1, 0.15) is 66.6 Å². The number of amides is 2. The van der Waals surface area contributed by atoms with E-state index in [4.69, 9.17) is 4.74 Å². The van der Waals surface area contributed by atoms with Crippen LogP contribution in [0.5, 0.6) is 0 Å². The van der Waals surface area contributed by atoms with Crippen LogP contribution in [0.25, 0.3) is 0 Å². The van der Waals surface area contributed by atoms with Crippen molar-refractivity contribution in [3.05, 3.63) is 65.2 Å². The first kappa shape index (κ1) is 23.9. The van der Waals surface area contributed by atoms with E-state index in [1.165, 1.54) is 36.1 Å². The molecular formula is C29H37N3O3. The molecule has 3 aliphatic heterocycles. The highest BCUT2D eigenvalue weighted by molar-refractivity contribution is 5.94.